The molecule has 0 aliphatic rings. The van der Waals surface area contributed by atoms with E-state index in [1.165, 1.54) is 10.4 Å². The zero-order valence-corrected chi connectivity index (χ0v) is 10.5. The summed E-state index contributed by atoms with van der Waals surface area (Å²) in [5.41, 5.74) is 5.13. The first-order valence-corrected chi connectivity index (χ1v) is 6.23. The number of rotatable bonds is 3. The molecule has 1 aromatic carbocycles. The number of hydrogen-bond acceptors (Lipinski definition) is 3. The average Bonchev–Trinajstić information content (AvgIpc) is 2.69. The molecule has 84 valence electrons. The van der Waals surface area contributed by atoms with Gasteiger partial charge in [0.15, 0.2) is 0 Å². The first-order valence-electron chi connectivity index (χ1n) is 4.97. The van der Waals surface area contributed by atoms with Crippen molar-refractivity contribution in [3.63, 3.8) is 0 Å². The molecule has 16 heavy (non-hydrogen) atoms. The molecule has 0 saturated carbocycles. The molecule has 0 radical (unpaired) electrons. The van der Waals surface area contributed by atoms with Gasteiger partial charge in [-0.15, -0.1) is 11.3 Å². The fourth-order valence-electron chi connectivity index (χ4n) is 1.66. The zero-order valence-electron chi connectivity index (χ0n) is 8.91. The molecule has 1 aromatic heterocycles. The van der Waals surface area contributed by atoms with Crippen molar-refractivity contribution >= 4 is 22.9 Å². The summed E-state index contributed by atoms with van der Waals surface area (Å²) in [5, 5.41) is 2.86. The molecule has 1 unspecified atom stereocenters. The average molecular weight is 253 g/mol. The van der Waals surface area contributed by atoms with E-state index in [4.69, 9.17) is 17.4 Å². The Bertz CT molecular complexity index is 464. The van der Waals surface area contributed by atoms with E-state index in [1.54, 1.807) is 11.3 Å². The fraction of sp³-hybridized carbons (Fsp3) is 0.167. The van der Waals surface area contributed by atoms with E-state index in [0.717, 1.165) is 10.6 Å². The SMILES string of the molecule is Cc1cc(C(NN)c2ccc(Cl)cc2)cs1. The standard InChI is InChI=1S/C12H13ClN2S/c1-8-6-10(7-16-8)12(15-14)9-2-4-11(13)5-3-9/h2-7,12,15H,14H2,1H3. The summed E-state index contributed by atoms with van der Waals surface area (Å²) in [6.07, 6.45) is 0. The quantitative estimate of drug-likeness (QED) is 0.650. The van der Waals surface area contributed by atoms with Crippen LogP contribution in [-0.2, 0) is 0 Å². The van der Waals surface area contributed by atoms with Gasteiger partial charge in [-0.3, -0.25) is 5.84 Å². The van der Waals surface area contributed by atoms with Crippen LogP contribution in [0.5, 0.6) is 0 Å². The molecule has 0 saturated heterocycles. The molecule has 0 bridgehead atoms. The van der Waals surface area contributed by atoms with Gasteiger partial charge in [-0.05, 0) is 41.6 Å². The van der Waals surface area contributed by atoms with Gasteiger partial charge >= 0.3 is 0 Å². The van der Waals surface area contributed by atoms with Crippen LogP contribution in [0.15, 0.2) is 35.7 Å². The van der Waals surface area contributed by atoms with Crippen molar-refractivity contribution < 1.29 is 0 Å². The van der Waals surface area contributed by atoms with Crippen LogP contribution in [0.3, 0.4) is 0 Å². The predicted octanol–water partition coefficient (Wildman–Crippen LogP) is 3.26. The van der Waals surface area contributed by atoms with Crippen molar-refractivity contribution in [2.75, 3.05) is 0 Å². The lowest BCUT2D eigenvalue weighted by Gasteiger charge is -2.15. The number of nitrogens with two attached hydrogens (primary N) is 1. The number of hydrazine groups is 1. The summed E-state index contributed by atoms with van der Waals surface area (Å²) >= 11 is 7.58. The van der Waals surface area contributed by atoms with Crippen LogP contribution in [0.25, 0.3) is 0 Å². The van der Waals surface area contributed by atoms with Gasteiger partial charge in [-0.25, -0.2) is 5.43 Å². The van der Waals surface area contributed by atoms with Crippen molar-refractivity contribution in [1.29, 1.82) is 0 Å². The molecular weight excluding hydrogens is 240 g/mol. The van der Waals surface area contributed by atoms with Gasteiger partial charge in [0.2, 0.25) is 0 Å². The number of hydrogen-bond donors (Lipinski definition) is 2. The Labute approximate surface area is 104 Å². The Kier molecular flexibility index (Phi) is 3.61. The van der Waals surface area contributed by atoms with E-state index < -0.39 is 0 Å². The van der Waals surface area contributed by atoms with Crippen molar-refractivity contribution in [2.45, 2.75) is 13.0 Å². The Morgan fingerprint density at radius 3 is 2.44 bits per heavy atom. The van der Waals surface area contributed by atoms with Crippen LogP contribution < -0.4 is 11.3 Å². The van der Waals surface area contributed by atoms with E-state index in [9.17, 15) is 0 Å². The number of nitrogens with one attached hydrogen (secondary N) is 1. The van der Waals surface area contributed by atoms with Crippen molar-refractivity contribution in [2.24, 2.45) is 5.84 Å². The molecule has 3 N–H and O–H groups in total. The monoisotopic (exact) mass is 252 g/mol. The highest BCUT2D eigenvalue weighted by molar-refractivity contribution is 7.10. The van der Waals surface area contributed by atoms with Crippen molar-refractivity contribution in [3.05, 3.63) is 56.7 Å². The maximum Gasteiger partial charge on any atom is 0.0718 e. The highest BCUT2D eigenvalue weighted by Crippen LogP contribution is 2.26. The lowest BCUT2D eigenvalue weighted by atomic mass is 10.0. The maximum atomic E-state index is 5.86. The van der Waals surface area contributed by atoms with Crippen LogP contribution in [0.4, 0.5) is 0 Å². The minimum absolute atomic E-state index is 0.0298. The normalized spacial score (nSPS) is 12.7. The number of thiophene rings is 1. The van der Waals surface area contributed by atoms with Gasteiger partial charge in [0.05, 0.1) is 6.04 Å². The van der Waals surface area contributed by atoms with E-state index in [2.05, 4.69) is 23.8 Å². The second-order valence-corrected chi connectivity index (χ2v) is 5.19. The molecule has 0 aliphatic carbocycles. The fourth-order valence-corrected chi connectivity index (χ4v) is 2.51. The Hall–Kier alpha value is -0.870. The molecule has 0 amide bonds. The second kappa shape index (κ2) is 4.97. The Morgan fingerprint density at radius 2 is 1.94 bits per heavy atom. The number of halogens is 1. The van der Waals surface area contributed by atoms with Gasteiger partial charge in [0.1, 0.15) is 0 Å². The highest BCUT2D eigenvalue weighted by Gasteiger charge is 2.13. The third-order valence-corrected chi connectivity index (χ3v) is 3.59. The lowest BCUT2D eigenvalue weighted by molar-refractivity contribution is 0.638. The molecule has 1 atom stereocenters. The molecule has 0 spiro atoms. The van der Waals surface area contributed by atoms with Gasteiger partial charge in [0, 0.05) is 9.90 Å². The summed E-state index contributed by atoms with van der Waals surface area (Å²) in [5.74, 6) is 5.61. The maximum absolute atomic E-state index is 5.86. The third kappa shape index (κ3) is 2.44. The largest absolute Gasteiger partial charge is 0.271 e. The van der Waals surface area contributed by atoms with E-state index in [0.29, 0.717) is 0 Å². The molecule has 2 nitrogen and oxygen atoms in total. The molecule has 0 fully saturated rings. The molecule has 4 heteroatoms. The minimum Gasteiger partial charge on any atom is -0.271 e. The third-order valence-electron chi connectivity index (χ3n) is 2.45. The molecule has 0 aliphatic heterocycles. The Balaban J connectivity index is 2.32. The van der Waals surface area contributed by atoms with Crippen molar-refractivity contribution in [3.8, 4) is 0 Å². The zero-order chi connectivity index (χ0) is 11.5. The summed E-state index contributed by atoms with van der Waals surface area (Å²) in [6, 6.07) is 9.90. The van der Waals surface area contributed by atoms with Crippen molar-refractivity contribution in [1.82, 2.24) is 5.43 Å². The van der Waals surface area contributed by atoms with Gasteiger partial charge in [-0.1, -0.05) is 23.7 Å². The summed E-state index contributed by atoms with van der Waals surface area (Å²) in [6.45, 7) is 2.09. The van der Waals surface area contributed by atoms with Crippen LogP contribution >= 0.6 is 22.9 Å². The van der Waals surface area contributed by atoms with Crippen LogP contribution in [0.2, 0.25) is 5.02 Å². The van der Waals surface area contributed by atoms with E-state index in [-0.39, 0.29) is 6.04 Å². The number of aryl methyl sites for hydroxylation is 1. The first kappa shape index (κ1) is 11.6. The Morgan fingerprint density at radius 1 is 1.25 bits per heavy atom. The summed E-state index contributed by atoms with van der Waals surface area (Å²) in [4.78, 5) is 1.28. The van der Waals surface area contributed by atoms with E-state index in [1.807, 2.05) is 24.3 Å². The first-order chi connectivity index (χ1) is 7.70. The molecule has 2 aromatic rings. The van der Waals surface area contributed by atoms with Gasteiger partial charge in [0.25, 0.3) is 0 Å². The smallest absolute Gasteiger partial charge is 0.0718 e. The topological polar surface area (TPSA) is 38.0 Å². The van der Waals surface area contributed by atoms with Crippen LogP contribution in [0, 0.1) is 6.92 Å². The molecular formula is C12H13ClN2S. The summed E-state index contributed by atoms with van der Waals surface area (Å²) in [7, 11) is 0. The van der Waals surface area contributed by atoms with E-state index >= 15 is 0 Å². The minimum atomic E-state index is 0.0298. The molecule has 2 rings (SSSR count). The van der Waals surface area contributed by atoms with Gasteiger partial charge in [-0.2, -0.15) is 0 Å². The molecule has 1 heterocycles. The lowest BCUT2D eigenvalue weighted by Crippen LogP contribution is -2.28. The van der Waals surface area contributed by atoms with Crippen LogP contribution in [-0.4, -0.2) is 0 Å². The van der Waals surface area contributed by atoms with Crippen LogP contribution in [0.1, 0.15) is 22.0 Å². The predicted molar refractivity (Wildman–Crippen MR) is 69.7 cm³/mol. The summed E-state index contributed by atoms with van der Waals surface area (Å²) < 4.78 is 0. The highest BCUT2D eigenvalue weighted by atomic mass is 35.5. The second-order valence-electron chi connectivity index (χ2n) is 3.64. The number of benzene rings is 1. The van der Waals surface area contributed by atoms with Gasteiger partial charge < -0.3 is 0 Å².